The van der Waals surface area contributed by atoms with Gasteiger partial charge in [-0.05, 0) is 24.3 Å². The topological polar surface area (TPSA) is 57.8 Å². The van der Waals surface area contributed by atoms with Crippen LogP contribution in [0.15, 0.2) is 48.5 Å². The summed E-state index contributed by atoms with van der Waals surface area (Å²) in [7, 11) is 0. The summed E-state index contributed by atoms with van der Waals surface area (Å²) in [5.74, 6) is -1.51. The molecule has 112 valence electrons. The quantitative estimate of drug-likeness (QED) is 0.756. The molecule has 0 spiro atoms. The average Bonchev–Trinajstić information content (AvgIpc) is 2.93. The van der Waals surface area contributed by atoms with E-state index in [0.29, 0.717) is 5.56 Å². The van der Waals surface area contributed by atoms with E-state index in [2.05, 4.69) is 15.3 Å². The molecular formula is C15H10F3N3O. The number of aromatic amines is 1. The number of anilines is 1. The van der Waals surface area contributed by atoms with E-state index in [1.165, 1.54) is 12.1 Å². The number of fused-ring (bicyclic) bond motifs is 1. The Hall–Kier alpha value is -2.83. The molecule has 0 radical (unpaired) electrons. The van der Waals surface area contributed by atoms with Crippen LogP contribution in [0.1, 0.15) is 16.2 Å². The van der Waals surface area contributed by atoms with Crippen molar-refractivity contribution in [2.24, 2.45) is 0 Å². The second-order valence-corrected chi connectivity index (χ2v) is 4.61. The molecule has 0 saturated carbocycles. The van der Waals surface area contributed by atoms with Crippen molar-refractivity contribution in [2.45, 2.75) is 6.18 Å². The third-order valence-corrected chi connectivity index (χ3v) is 3.07. The minimum atomic E-state index is -4.57. The first kappa shape index (κ1) is 14.1. The molecule has 0 aliphatic heterocycles. The molecule has 1 aromatic heterocycles. The van der Waals surface area contributed by atoms with Crippen molar-refractivity contribution in [1.82, 2.24) is 9.97 Å². The lowest BCUT2D eigenvalue weighted by molar-refractivity contribution is -0.144. The van der Waals surface area contributed by atoms with E-state index in [1.807, 2.05) is 0 Å². The summed E-state index contributed by atoms with van der Waals surface area (Å²) in [5.41, 5.74) is 0.904. The molecule has 0 bridgehead atoms. The second kappa shape index (κ2) is 5.18. The first-order valence-corrected chi connectivity index (χ1v) is 6.37. The highest BCUT2D eigenvalue weighted by atomic mass is 19.4. The van der Waals surface area contributed by atoms with E-state index in [4.69, 9.17) is 0 Å². The number of carbonyl (C=O) groups is 1. The number of carbonyl (C=O) groups excluding carboxylic acids is 1. The molecule has 7 heteroatoms. The first-order valence-electron chi connectivity index (χ1n) is 6.37. The summed E-state index contributed by atoms with van der Waals surface area (Å²) < 4.78 is 38.1. The maximum absolute atomic E-state index is 12.7. The van der Waals surface area contributed by atoms with E-state index in [-0.39, 0.29) is 16.7 Å². The molecule has 0 aliphatic rings. The van der Waals surface area contributed by atoms with Gasteiger partial charge in [0.1, 0.15) is 5.52 Å². The number of amides is 1. The van der Waals surface area contributed by atoms with Crippen molar-refractivity contribution in [1.29, 1.82) is 0 Å². The van der Waals surface area contributed by atoms with E-state index in [0.717, 1.165) is 0 Å². The third-order valence-electron chi connectivity index (χ3n) is 3.07. The fourth-order valence-corrected chi connectivity index (χ4v) is 2.05. The van der Waals surface area contributed by atoms with Crippen LogP contribution in [0.4, 0.5) is 18.9 Å². The lowest BCUT2D eigenvalue weighted by Gasteiger charge is -2.05. The average molecular weight is 305 g/mol. The first-order chi connectivity index (χ1) is 10.4. The van der Waals surface area contributed by atoms with Crippen LogP contribution < -0.4 is 5.32 Å². The van der Waals surface area contributed by atoms with Crippen LogP contribution in [0, 0.1) is 0 Å². The van der Waals surface area contributed by atoms with Crippen LogP contribution in [-0.2, 0) is 6.18 Å². The number of alkyl halides is 3. The Kier molecular flexibility index (Phi) is 3.32. The van der Waals surface area contributed by atoms with Crippen LogP contribution >= 0.6 is 0 Å². The minimum Gasteiger partial charge on any atom is -0.334 e. The molecular weight excluding hydrogens is 295 g/mol. The van der Waals surface area contributed by atoms with Gasteiger partial charge in [0.25, 0.3) is 5.91 Å². The number of nitrogens with one attached hydrogen (secondary N) is 2. The molecule has 1 amide bonds. The number of benzene rings is 2. The molecule has 0 atom stereocenters. The SMILES string of the molecule is O=C(Nc1cccc2[nH]c(C(F)(F)F)nc12)c1ccccc1. The number of imidazole rings is 1. The van der Waals surface area contributed by atoms with Crippen molar-refractivity contribution >= 4 is 22.6 Å². The second-order valence-electron chi connectivity index (χ2n) is 4.61. The van der Waals surface area contributed by atoms with Crippen LogP contribution in [-0.4, -0.2) is 15.9 Å². The zero-order valence-corrected chi connectivity index (χ0v) is 11.1. The van der Waals surface area contributed by atoms with Gasteiger partial charge in [-0.1, -0.05) is 24.3 Å². The van der Waals surface area contributed by atoms with Crippen molar-refractivity contribution in [2.75, 3.05) is 5.32 Å². The smallest absolute Gasteiger partial charge is 0.334 e. The molecule has 3 aromatic rings. The van der Waals surface area contributed by atoms with Crippen molar-refractivity contribution in [3.8, 4) is 0 Å². The summed E-state index contributed by atoms with van der Waals surface area (Å²) in [6.07, 6.45) is -4.57. The molecule has 1 heterocycles. The van der Waals surface area contributed by atoms with Crippen LogP contribution in [0.3, 0.4) is 0 Å². The molecule has 0 fully saturated rings. The van der Waals surface area contributed by atoms with Crippen LogP contribution in [0.5, 0.6) is 0 Å². The molecule has 4 nitrogen and oxygen atoms in total. The fourth-order valence-electron chi connectivity index (χ4n) is 2.05. The Bertz CT molecular complexity index is 825. The number of para-hydroxylation sites is 1. The fraction of sp³-hybridized carbons (Fsp3) is 0.0667. The molecule has 2 aromatic carbocycles. The third kappa shape index (κ3) is 2.65. The number of hydrogen-bond acceptors (Lipinski definition) is 2. The Labute approximate surface area is 123 Å². The lowest BCUT2D eigenvalue weighted by atomic mass is 10.2. The van der Waals surface area contributed by atoms with Crippen molar-refractivity contribution in [3.63, 3.8) is 0 Å². The Morgan fingerprint density at radius 2 is 1.77 bits per heavy atom. The summed E-state index contributed by atoms with van der Waals surface area (Å²) >= 11 is 0. The summed E-state index contributed by atoms with van der Waals surface area (Å²) in [6.45, 7) is 0. The van der Waals surface area contributed by atoms with Gasteiger partial charge in [-0.15, -0.1) is 0 Å². The number of nitrogens with zero attached hydrogens (tertiary/aromatic N) is 1. The zero-order chi connectivity index (χ0) is 15.7. The van der Waals surface area contributed by atoms with E-state index in [9.17, 15) is 18.0 Å². The normalized spacial score (nSPS) is 11.6. The summed E-state index contributed by atoms with van der Waals surface area (Å²) in [5, 5.41) is 2.58. The molecule has 2 N–H and O–H groups in total. The number of H-pyrrole nitrogens is 1. The highest BCUT2D eigenvalue weighted by Crippen LogP contribution is 2.30. The maximum atomic E-state index is 12.7. The monoisotopic (exact) mass is 305 g/mol. The number of aromatic nitrogens is 2. The van der Waals surface area contributed by atoms with E-state index < -0.39 is 17.9 Å². The number of halogens is 3. The van der Waals surface area contributed by atoms with Crippen molar-refractivity contribution in [3.05, 3.63) is 59.9 Å². The molecule has 22 heavy (non-hydrogen) atoms. The predicted octanol–water partition coefficient (Wildman–Crippen LogP) is 3.83. The van der Waals surface area contributed by atoms with Gasteiger partial charge >= 0.3 is 6.18 Å². The van der Waals surface area contributed by atoms with Gasteiger partial charge in [0, 0.05) is 5.56 Å². The molecule has 3 rings (SSSR count). The van der Waals surface area contributed by atoms with Gasteiger partial charge in [0.05, 0.1) is 11.2 Å². The van der Waals surface area contributed by atoms with Crippen LogP contribution in [0.2, 0.25) is 0 Å². The minimum absolute atomic E-state index is 0.0686. The number of hydrogen-bond donors (Lipinski definition) is 2. The van der Waals surface area contributed by atoms with E-state index >= 15 is 0 Å². The van der Waals surface area contributed by atoms with Gasteiger partial charge < -0.3 is 10.3 Å². The standard InChI is InChI=1S/C15H10F3N3O/c16-15(17,18)14-20-11-8-4-7-10(12(11)21-14)19-13(22)9-5-2-1-3-6-9/h1-8H,(H,19,22)(H,20,21). The van der Waals surface area contributed by atoms with Gasteiger partial charge in [0.2, 0.25) is 5.82 Å². The summed E-state index contributed by atoms with van der Waals surface area (Å²) in [4.78, 5) is 17.8. The zero-order valence-electron chi connectivity index (χ0n) is 11.1. The molecule has 0 saturated heterocycles. The largest absolute Gasteiger partial charge is 0.449 e. The summed E-state index contributed by atoms with van der Waals surface area (Å²) in [6, 6.07) is 12.9. The Balaban J connectivity index is 1.97. The highest BCUT2D eigenvalue weighted by molar-refractivity contribution is 6.07. The Morgan fingerprint density at radius 1 is 1.05 bits per heavy atom. The van der Waals surface area contributed by atoms with Crippen LogP contribution in [0.25, 0.3) is 11.0 Å². The maximum Gasteiger partial charge on any atom is 0.449 e. The Morgan fingerprint density at radius 3 is 2.45 bits per heavy atom. The number of rotatable bonds is 2. The van der Waals surface area contributed by atoms with Gasteiger partial charge in [-0.3, -0.25) is 4.79 Å². The van der Waals surface area contributed by atoms with Gasteiger partial charge in [0.15, 0.2) is 0 Å². The van der Waals surface area contributed by atoms with Gasteiger partial charge in [-0.2, -0.15) is 13.2 Å². The van der Waals surface area contributed by atoms with E-state index in [1.54, 1.807) is 36.4 Å². The predicted molar refractivity (Wildman–Crippen MR) is 75.5 cm³/mol. The highest BCUT2D eigenvalue weighted by Gasteiger charge is 2.35. The lowest BCUT2D eigenvalue weighted by Crippen LogP contribution is -2.12. The van der Waals surface area contributed by atoms with Gasteiger partial charge in [-0.25, -0.2) is 4.98 Å². The molecule has 0 aliphatic carbocycles. The van der Waals surface area contributed by atoms with Crippen molar-refractivity contribution < 1.29 is 18.0 Å². The molecule has 0 unspecified atom stereocenters.